The Kier molecular flexibility index (Phi) is 8.08. The first-order valence-corrected chi connectivity index (χ1v) is 16.2. The quantitative estimate of drug-likeness (QED) is 0.182. The third-order valence-electron chi connectivity index (χ3n) is 8.55. The minimum Gasteiger partial charge on any atom is -0.463 e. The Morgan fingerprint density at radius 2 is 1.87 bits per heavy atom. The lowest BCUT2D eigenvalue weighted by molar-refractivity contribution is -0.880. The number of carbonyl (C=O) groups excluding carboxylic acids is 1. The van der Waals surface area contributed by atoms with Crippen LogP contribution in [0.4, 0.5) is 11.4 Å². The van der Waals surface area contributed by atoms with E-state index in [1.54, 1.807) is 37.3 Å². The molecule has 1 saturated heterocycles. The molecule has 3 aromatic carbocycles. The number of hydrogen-bond acceptors (Lipinski definition) is 10. The molecule has 4 aromatic rings. The number of rotatable bonds is 7. The highest BCUT2D eigenvalue weighted by Gasteiger charge is 2.36. The number of fused-ring (bicyclic) bond motifs is 2. The maximum Gasteiger partial charge on any atom is 0.338 e. The summed E-state index contributed by atoms with van der Waals surface area (Å²) in [6.45, 7) is 5.33. The molecule has 1 N–H and O–H groups in total. The molecule has 0 amide bonds. The second-order valence-corrected chi connectivity index (χ2v) is 12.5. The largest absolute Gasteiger partial charge is 0.463 e. The first-order chi connectivity index (χ1) is 22.8. The van der Waals surface area contributed by atoms with Gasteiger partial charge in [-0.2, -0.15) is 0 Å². The monoisotopic (exact) mass is 654 g/mol. The number of thiazole rings is 1. The molecule has 4 heterocycles. The van der Waals surface area contributed by atoms with E-state index in [0.717, 1.165) is 31.9 Å². The van der Waals surface area contributed by atoms with Gasteiger partial charge < -0.3 is 24.0 Å². The van der Waals surface area contributed by atoms with Crippen LogP contribution in [0, 0.1) is 10.1 Å². The van der Waals surface area contributed by atoms with Crippen LogP contribution in [-0.4, -0.2) is 62.1 Å². The lowest BCUT2D eigenvalue weighted by Gasteiger charge is -2.32. The van der Waals surface area contributed by atoms with Gasteiger partial charge in [-0.3, -0.25) is 19.5 Å². The van der Waals surface area contributed by atoms with Crippen LogP contribution in [0.1, 0.15) is 29.7 Å². The second kappa shape index (κ2) is 12.5. The van der Waals surface area contributed by atoms with Crippen molar-refractivity contribution in [3.8, 4) is 11.5 Å². The SMILES string of the molecule is CCOC(=O)C1=C(c2ccccc2)N=c2s/c(=C/c3cc([N+](=O)[O-])ccc3N3CC[NH+](C)CC3)c(=O)n2[C@@H]1c1ccc2c(c1)OCO2. The highest BCUT2D eigenvalue weighted by Crippen LogP contribution is 2.40. The molecule has 3 aliphatic rings. The number of piperazine rings is 1. The van der Waals surface area contributed by atoms with Gasteiger partial charge in [0.05, 0.1) is 66.6 Å². The number of likely N-dealkylation sites (N-methyl/N-ethyl adjacent to an activating group) is 1. The number of hydrogen-bond donors (Lipinski definition) is 1. The Morgan fingerprint density at radius 1 is 1.11 bits per heavy atom. The van der Waals surface area contributed by atoms with Crippen molar-refractivity contribution in [3.05, 3.63) is 119 Å². The van der Waals surface area contributed by atoms with Gasteiger partial charge in [0.25, 0.3) is 11.2 Å². The molecule has 1 fully saturated rings. The molecule has 13 heteroatoms. The van der Waals surface area contributed by atoms with Crippen LogP contribution in [0.2, 0.25) is 0 Å². The Balaban J connectivity index is 1.47. The summed E-state index contributed by atoms with van der Waals surface area (Å²) in [5.74, 6) is 0.473. The summed E-state index contributed by atoms with van der Waals surface area (Å²) in [6.07, 6.45) is 1.70. The fraction of sp³-hybridized carbons (Fsp3) is 0.265. The highest BCUT2D eigenvalue weighted by atomic mass is 32.1. The van der Waals surface area contributed by atoms with Gasteiger partial charge in [0.1, 0.15) is 0 Å². The first kappa shape index (κ1) is 30.4. The summed E-state index contributed by atoms with van der Waals surface area (Å²) < 4.78 is 18.6. The maximum absolute atomic E-state index is 14.5. The molecule has 3 aliphatic heterocycles. The van der Waals surface area contributed by atoms with Crippen molar-refractivity contribution in [1.29, 1.82) is 0 Å². The van der Waals surface area contributed by atoms with E-state index in [1.165, 1.54) is 32.9 Å². The Labute approximate surface area is 273 Å². The number of nitro groups is 1. The van der Waals surface area contributed by atoms with Crippen molar-refractivity contribution in [1.82, 2.24) is 4.57 Å². The van der Waals surface area contributed by atoms with Crippen LogP contribution >= 0.6 is 11.3 Å². The van der Waals surface area contributed by atoms with E-state index in [4.69, 9.17) is 19.2 Å². The molecule has 47 heavy (non-hydrogen) atoms. The number of benzene rings is 3. The zero-order valence-electron chi connectivity index (χ0n) is 25.8. The number of esters is 1. The number of quaternary nitrogens is 1. The van der Waals surface area contributed by atoms with E-state index < -0.39 is 16.9 Å². The summed E-state index contributed by atoms with van der Waals surface area (Å²) >= 11 is 1.17. The normalized spacial score (nSPS) is 17.8. The third-order valence-corrected chi connectivity index (χ3v) is 9.54. The maximum atomic E-state index is 14.5. The molecule has 1 atom stereocenters. The zero-order chi connectivity index (χ0) is 32.7. The number of nitro benzene ring substituents is 1. The van der Waals surface area contributed by atoms with E-state index in [2.05, 4.69) is 11.9 Å². The molecular weight excluding hydrogens is 622 g/mol. The third kappa shape index (κ3) is 5.68. The van der Waals surface area contributed by atoms with Crippen molar-refractivity contribution >= 4 is 40.5 Å². The van der Waals surface area contributed by atoms with Gasteiger partial charge in [0.15, 0.2) is 16.3 Å². The van der Waals surface area contributed by atoms with Gasteiger partial charge in [-0.15, -0.1) is 0 Å². The first-order valence-electron chi connectivity index (χ1n) is 15.3. The molecule has 1 aromatic heterocycles. The van der Waals surface area contributed by atoms with Gasteiger partial charge in [0.2, 0.25) is 6.79 Å². The van der Waals surface area contributed by atoms with E-state index in [9.17, 15) is 19.7 Å². The molecule has 12 nitrogen and oxygen atoms in total. The number of ether oxygens (including phenoxy) is 3. The lowest BCUT2D eigenvalue weighted by atomic mass is 9.93. The van der Waals surface area contributed by atoms with E-state index in [-0.39, 0.29) is 30.2 Å². The molecule has 0 spiro atoms. The van der Waals surface area contributed by atoms with Crippen LogP contribution in [0.25, 0.3) is 11.8 Å². The molecule has 0 radical (unpaired) electrons. The average molecular weight is 655 g/mol. The topological polar surface area (TPSA) is 130 Å². The number of nitrogens with one attached hydrogen (secondary N) is 1. The lowest BCUT2D eigenvalue weighted by Crippen LogP contribution is -3.12. The standard InChI is InChI=1S/C34H31N5O7S/c1-3-44-33(41)29-30(21-7-5-4-6-8-21)35-34-38(31(29)22-9-12-26-27(18-22)46-20-45-26)32(40)28(47-34)19-23-17-24(39(42)43)10-11-25(23)37-15-13-36(2)14-16-37/h4-12,17-19,31H,3,13-16,20H2,1-2H3/p+1/b28-19+/t31-/m1/s1. The smallest absolute Gasteiger partial charge is 0.338 e. The number of aromatic nitrogens is 1. The van der Waals surface area contributed by atoms with Crippen molar-refractivity contribution < 1.29 is 28.8 Å². The fourth-order valence-electron chi connectivity index (χ4n) is 6.17. The van der Waals surface area contributed by atoms with Crippen molar-refractivity contribution in [2.24, 2.45) is 4.99 Å². The van der Waals surface area contributed by atoms with Crippen LogP contribution < -0.4 is 34.2 Å². The van der Waals surface area contributed by atoms with E-state index in [1.807, 2.05) is 30.3 Å². The molecular formula is C34H32N5O7S+. The molecule has 0 saturated carbocycles. The summed E-state index contributed by atoms with van der Waals surface area (Å²) in [5.41, 5.74) is 2.85. The summed E-state index contributed by atoms with van der Waals surface area (Å²) in [6, 6.07) is 18.5. The zero-order valence-corrected chi connectivity index (χ0v) is 26.6. The minimum absolute atomic E-state index is 0.0670. The summed E-state index contributed by atoms with van der Waals surface area (Å²) in [4.78, 5) is 48.5. The predicted octanol–water partition coefficient (Wildman–Crippen LogP) is 1.91. The molecule has 7 rings (SSSR count). The van der Waals surface area contributed by atoms with Gasteiger partial charge in [-0.25, -0.2) is 9.79 Å². The number of nitrogens with zero attached hydrogens (tertiary/aromatic N) is 4. The number of anilines is 1. The van der Waals surface area contributed by atoms with Gasteiger partial charge in [0, 0.05) is 28.9 Å². The van der Waals surface area contributed by atoms with Gasteiger partial charge >= 0.3 is 5.97 Å². The summed E-state index contributed by atoms with van der Waals surface area (Å²) in [5, 5.41) is 11.8. The van der Waals surface area contributed by atoms with Crippen LogP contribution in [0.3, 0.4) is 0 Å². The average Bonchev–Trinajstić information content (AvgIpc) is 3.68. The van der Waals surface area contributed by atoms with Gasteiger partial charge in [-0.05, 0) is 36.8 Å². The van der Waals surface area contributed by atoms with Crippen molar-refractivity contribution in [2.45, 2.75) is 13.0 Å². The van der Waals surface area contributed by atoms with Crippen molar-refractivity contribution in [2.75, 3.05) is 51.5 Å². The predicted molar refractivity (Wildman–Crippen MR) is 176 cm³/mol. The number of non-ortho nitro benzene ring substituents is 1. The van der Waals surface area contributed by atoms with E-state index >= 15 is 0 Å². The molecule has 240 valence electrons. The second-order valence-electron chi connectivity index (χ2n) is 11.5. The molecule has 0 unspecified atom stereocenters. The van der Waals surface area contributed by atoms with Gasteiger partial charge in [-0.1, -0.05) is 47.7 Å². The minimum atomic E-state index is -0.901. The van der Waals surface area contributed by atoms with E-state index in [0.29, 0.717) is 43.2 Å². The Morgan fingerprint density at radius 3 is 2.62 bits per heavy atom. The number of carbonyl (C=O) groups is 1. The summed E-state index contributed by atoms with van der Waals surface area (Å²) in [7, 11) is 2.14. The van der Waals surface area contributed by atoms with Crippen LogP contribution in [0.5, 0.6) is 11.5 Å². The van der Waals surface area contributed by atoms with Crippen LogP contribution in [0.15, 0.2) is 82.1 Å². The Hall–Kier alpha value is -5.27. The molecule has 0 aliphatic carbocycles. The highest BCUT2D eigenvalue weighted by molar-refractivity contribution is 7.07. The fourth-order valence-corrected chi connectivity index (χ4v) is 7.16. The molecule has 0 bridgehead atoms. The van der Waals surface area contributed by atoms with Crippen LogP contribution in [-0.2, 0) is 9.53 Å². The van der Waals surface area contributed by atoms with Crippen molar-refractivity contribution in [3.63, 3.8) is 0 Å². The Bertz CT molecular complexity index is 2100.